The molecule has 5 heteroatoms. The quantitative estimate of drug-likeness (QED) is 0.533. The van der Waals surface area contributed by atoms with Crippen molar-refractivity contribution in [1.82, 2.24) is 5.32 Å². The largest absolute Gasteiger partial charge is 0.457 e. The van der Waals surface area contributed by atoms with E-state index in [0.29, 0.717) is 5.11 Å². The van der Waals surface area contributed by atoms with Crippen LogP contribution in [0.3, 0.4) is 0 Å². The summed E-state index contributed by atoms with van der Waals surface area (Å²) in [5, 5.41) is 7.06. The zero-order valence-electron chi connectivity index (χ0n) is 14.6. The summed E-state index contributed by atoms with van der Waals surface area (Å²) in [7, 11) is 4.30. The van der Waals surface area contributed by atoms with Gasteiger partial charge in [0.15, 0.2) is 5.11 Å². The minimum atomic E-state index is 0.649. The molecule has 0 fully saturated rings. The van der Waals surface area contributed by atoms with Crippen molar-refractivity contribution in [1.29, 1.82) is 0 Å². The van der Waals surface area contributed by atoms with Gasteiger partial charge in [0, 0.05) is 18.7 Å². The van der Waals surface area contributed by atoms with Crippen LogP contribution >= 0.6 is 12.2 Å². The highest BCUT2D eigenvalue weighted by Gasteiger charge is 2.01. The molecule has 3 N–H and O–H groups in total. The van der Waals surface area contributed by atoms with Gasteiger partial charge in [0.05, 0.1) is 20.6 Å². The van der Waals surface area contributed by atoms with Gasteiger partial charge in [-0.25, -0.2) is 0 Å². The van der Waals surface area contributed by atoms with E-state index in [9.17, 15) is 0 Å². The average Bonchev–Trinajstić information content (AvgIpc) is 2.55. The van der Waals surface area contributed by atoms with Crippen molar-refractivity contribution in [3.05, 3.63) is 54.1 Å². The maximum absolute atomic E-state index is 5.82. The average molecular weight is 345 g/mol. The molecule has 0 heterocycles. The van der Waals surface area contributed by atoms with Gasteiger partial charge in [-0.15, -0.1) is 0 Å². The molecule has 0 saturated carbocycles. The SMILES string of the molecule is Cc1ccc(Oc2ccc(NC(=S)NCCC[NH+](C)C)cc2)cc1. The predicted molar refractivity (Wildman–Crippen MR) is 104 cm³/mol. The molecule has 0 unspecified atom stereocenters. The van der Waals surface area contributed by atoms with E-state index in [2.05, 4.69) is 31.7 Å². The van der Waals surface area contributed by atoms with Crippen LogP contribution in [0.5, 0.6) is 11.5 Å². The van der Waals surface area contributed by atoms with E-state index in [1.165, 1.54) is 10.5 Å². The third-order valence-corrected chi connectivity index (χ3v) is 3.75. The van der Waals surface area contributed by atoms with E-state index < -0.39 is 0 Å². The number of quaternary nitrogens is 1. The zero-order valence-corrected chi connectivity index (χ0v) is 15.4. The number of rotatable bonds is 7. The highest BCUT2D eigenvalue weighted by molar-refractivity contribution is 7.80. The summed E-state index contributed by atoms with van der Waals surface area (Å²) in [6.07, 6.45) is 1.09. The normalized spacial score (nSPS) is 10.5. The Kier molecular flexibility index (Phi) is 7.03. The highest BCUT2D eigenvalue weighted by Crippen LogP contribution is 2.23. The van der Waals surface area contributed by atoms with Gasteiger partial charge in [0.25, 0.3) is 0 Å². The first-order valence-corrected chi connectivity index (χ1v) is 8.62. The molecule has 24 heavy (non-hydrogen) atoms. The lowest BCUT2D eigenvalue weighted by Gasteiger charge is -2.12. The molecule has 0 aliphatic heterocycles. The number of benzene rings is 2. The minimum Gasteiger partial charge on any atom is -0.457 e. The summed E-state index contributed by atoms with van der Waals surface area (Å²) in [6, 6.07) is 15.8. The first-order valence-electron chi connectivity index (χ1n) is 8.21. The van der Waals surface area contributed by atoms with E-state index in [1.54, 1.807) is 0 Å². The number of thiocarbonyl (C=S) groups is 1. The van der Waals surface area contributed by atoms with Crippen molar-refractivity contribution in [3.63, 3.8) is 0 Å². The molecule has 4 nitrogen and oxygen atoms in total. The first kappa shape index (κ1) is 18.2. The summed E-state index contributed by atoms with van der Waals surface area (Å²) in [5.41, 5.74) is 2.16. The Labute approximate surface area is 149 Å². The summed E-state index contributed by atoms with van der Waals surface area (Å²) < 4.78 is 5.82. The summed E-state index contributed by atoms with van der Waals surface area (Å²) >= 11 is 5.30. The second-order valence-electron chi connectivity index (χ2n) is 6.13. The van der Waals surface area contributed by atoms with Gasteiger partial charge in [-0.3, -0.25) is 0 Å². The lowest BCUT2D eigenvalue weighted by atomic mass is 10.2. The van der Waals surface area contributed by atoms with E-state index in [0.717, 1.165) is 36.7 Å². The maximum Gasteiger partial charge on any atom is 0.170 e. The molecule has 0 spiro atoms. The smallest absolute Gasteiger partial charge is 0.170 e. The van der Waals surface area contributed by atoms with Crippen LogP contribution in [0.4, 0.5) is 5.69 Å². The Balaban J connectivity index is 1.79. The molecule has 0 atom stereocenters. The Morgan fingerprint density at radius 2 is 1.58 bits per heavy atom. The predicted octanol–water partition coefficient (Wildman–Crippen LogP) is 2.61. The van der Waals surface area contributed by atoms with Crippen LogP contribution in [-0.4, -0.2) is 32.3 Å². The molecule has 0 aliphatic carbocycles. The lowest BCUT2D eigenvalue weighted by molar-refractivity contribution is -0.858. The molecule has 128 valence electrons. The Hall–Kier alpha value is -2.11. The number of ether oxygens (including phenoxy) is 1. The van der Waals surface area contributed by atoms with Crippen molar-refractivity contribution >= 4 is 23.0 Å². The number of hydrogen-bond acceptors (Lipinski definition) is 2. The molecule has 0 amide bonds. The molecule has 0 aliphatic rings. The molecule has 0 bridgehead atoms. The summed E-state index contributed by atoms with van der Waals surface area (Å²) in [5.74, 6) is 1.64. The van der Waals surface area contributed by atoms with E-state index >= 15 is 0 Å². The Bertz CT molecular complexity index is 639. The maximum atomic E-state index is 5.82. The van der Waals surface area contributed by atoms with Gasteiger partial charge in [-0.2, -0.15) is 0 Å². The Morgan fingerprint density at radius 3 is 2.17 bits per heavy atom. The molecular weight excluding hydrogens is 318 g/mol. The Morgan fingerprint density at radius 1 is 1.00 bits per heavy atom. The fourth-order valence-electron chi connectivity index (χ4n) is 2.17. The second kappa shape index (κ2) is 9.25. The van der Waals surface area contributed by atoms with Crippen LogP contribution in [0.1, 0.15) is 12.0 Å². The fraction of sp³-hybridized carbons (Fsp3) is 0.316. The third-order valence-electron chi connectivity index (χ3n) is 3.51. The number of aryl methyl sites for hydroxylation is 1. The molecule has 0 saturated heterocycles. The lowest BCUT2D eigenvalue weighted by Crippen LogP contribution is -3.05. The molecule has 2 rings (SSSR count). The van der Waals surface area contributed by atoms with Crippen LogP contribution in [0.2, 0.25) is 0 Å². The van der Waals surface area contributed by atoms with Crippen molar-refractivity contribution in [2.24, 2.45) is 0 Å². The molecule has 0 aromatic heterocycles. The van der Waals surface area contributed by atoms with Crippen LogP contribution in [0.15, 0.2) is 48.5 Å². The van der Waals surface area contributed by atoms with Crippen molar-refractivity contribution in [2.45, 2.75) is 13.3 Å². The standard InChI is InChI=1S/C19H25N3OS/c1-15-5-9-17(10-6-15)23-18-11-7-16(8-12-18)21-19(24)20-13-4-14-22(2)3/h5-12H,4,13-14H2,1-3H3,(H2,20,21,24)/p+1. The third kappa shape index (κ3) is 6.56. The van der Waals surface area contributed by atoms with Crippen LogP contribution in [-0.2, 0) is 0 Å². The number of anilines is 1. The van der Waals surface area contributed by atoms with Crippen molar-refractivity contribution in [2.75, 3.05) is 32.5 Å². The topological polar surface area (TPSA) is 37.7 Å². The zero-order chi connectivity index (χ0) is 17.4. The van der Waals surface area contributed by atoms with E-state index in [4.69, 9.17) is 17.0 Å². The monoisotopic (exact) mass is 344 g/mol. The van der Waals surface area contributed by atoms with Crippen LogP contribution in [0, 0.1) is 6.92 Å². The van der Waals surface area contributed by atoms with Gasteiger partial charge < -0.3 is 20.3 Å². The minimum absolute atomic E-state index is 0.649. The van der Waals surface area contributed by atoms with Gasteiger partial charge >= 0.3 is 0 Å². The second-order valence-corrected chi connectivity index (χ2v) is 6.54. The number of hydrogen-bond donors (Lipinski definition) is 3. The van der Waals surface area contributed by atoms with Gasteiger partial charge in [-0.1, -0.05) is 17.7 Å². The molecule has 0 radical (unpaired) electrons. The van der Waals surface area contributed by atoms with Gasteiger partial charge in [0.2, 0.25) is 0 Å². The van der Waals surface area contributed by atoms with Gasteiger partial charge in [0.1, 0.15) is 11.5 Å². The first-order chi connectivity index (χ1) is 11.5. The van der Waals surface area contributed by atoms with Crippen molar-refractivity contribution < 1.29 is 9.64 Å². The molecular formula is C19H26N3OS+. The summed E-state index contributed by atoms with van der Waals surface area (Å²) in [6.45, 7) is 4.06. The number of nitrogens with one attached hydrogen (secondary N) is 3. The molecule has 2 aromatic rings. The van der Waals surface area contributed by atoms with E-state index in [1.807, 2.05) is 48.5 Å². The van der Waals surface area contributed by atoms with E-state index in [-0.39, 0.29) is 0 Å². The molecule has 2 aromatic carbocycles. The van der Waals surface area contributed by atoms with Gasteiger partial charge in [-0.05, 0) is 55.5 Å². The van der Waals surface area contributed by atoms with Crippen molar-refractivity contribution in [3.8, 4) is 11.5 Å². The van der Waals surface area contributed by atoms with Crippen LogP contribution < -0.4 is 20.3 Å². The highest BCUT2D eigenvalue weighted by atomic mass is 32.1. The summed E-state index contributed by atoms with van der Waals surface area (Å²) in [4.78, 5) is 1.44. The van der Waals surface area contributed by atoms with Crippen LogP contribution in [0.25, 0.3) is 0 Å². The fourth-order valence-corrected chi connectivity index (χ4v) is 2.39.